The molecule has 1 aliphatic carbocycles. The Morgan fingerprint density at radius 2 is 2.18 bits per heavy atom. The lowest BCUT2D eigenvalue weighted by atomic mass is 9.97. The van der Waals surface area contributed by atoms with Crippen LogP contribution in [-0.4, -0.2) is 23.2 Å². The van der Waals surface area contributed by atoms with Gasteiger partial charge in [0.05, 0.1) is 5.69 Å². The number of hydrogen-bond donors (Lipinski definition) is 2. The fourth-order valence-corrected chi connectivity index (χ4v) is 2.75. The summed E-state index contributed by atoms with van der Waals surface area (Å²) in [5, 5.41) is 12.7. The topological polar surface area (TPSA) is 45.1 Å². The molecule has 1 aromatic heterocycles. The van der Waals surface area contributed by atoms with Crippen molar-refractivity contribution in [2.45, 2.75) is 25.8 Å². The molecule has 2 atom stereocenters. The normalized spacial score (nSPS) is 24.1. The van der Waals surface area contributed by atoms with E-state index in [9.17, 15) is 5.11 Å². The number of aliphatic hydroxyl groups excluding tert-OH is 1. The lowest BCUT2D eigenvalue weighted by molar-refractivity contribution is 0.192. The summed E-state index contributed by atoms with van der Waals surface area (Å²) < 4.78 is 1.01. The van der Waals surface area contributed by atoms with Crippen LogP contribution in [-0.2, 0) is 6.54 Å². The Morgan fingerprint density at radius 3 is 2.88 bits per heavy atom. The molecule has 1 heterocycles. The van der Waals surface area contributed by atoms with Gasteiger partial charge in [0.2, 0.25) is 0 Å². The minimum atomic E-state index is 0.336. The third-order valence-electron chi connectivity index (χ3n) is 3.55. The molecule has 1 fully saturated rings. The van der Waals surface area contributed by atoms with Crippen LogP contribution in [0.25, 0.3) is 0 Å². The summed E-state index contributed by atoms with van der Waals surface area (Å²) in [6.45, 7) is 2.13. The molecule has 1 saturated carbocycles. The van der Waals surface area contributed by atoms with Gasteiger partial charge >= 0.3 is 0 Å². The zero-order valence-corrected chi connectivity index (χ0v) is 11.5. The van der Waals surface area contributed by atoms with E-state index in [1.54, 1.807) is 0 Å². The first-order valence-electron chi connectivity index (χ1n) is 6.21. The first kappa shape index (κ1) is 13.0. The largest absolute Gasteiger partial charge is 0.396 e. The molecular weight excluding hydrogens is 280 g/mol. The maximum Gasteiger partial charge on any atom is 0.0542 e. The van der Waals surface area contributed by atoms with E-state index in [1.807, 2.05) is 18.3 Å². The standard InChI is InChI=1S/C13H19BrN2O/c14-12-4-5-13(16-7-12)8-15-6-10-2-1-3-11(10)9-17/h4-5,7,10-11,15,17H,1-3,6,8-9H2. The van der Waals surface area contributed by atoms with E-state index in [1.165, 1.54) is 19.3 Å². The second-order valence-corrected chi connectivity index (χ2v) is 5.65. The molecule has 0 radical (unpaired) electrons. The zero-order chi connectivity index (χ0) is 12.1. The highest BCUT2D eigenvalue weighted by Crippen LogP contribution is 2.30. The highest BCUT2D eigenvalue weighted by molar-refractivity contribution is 9.10. The number of halogens is 1. The molecule has 17 heavy (non-hydrogen) atoms. The molecule has 2 rings (SSSR count). The highest BCUT2D eigenvalue weighted by atomic mass is 79.9. The van der Waals surface area contributed by atoms with Crippen LogP contribution in [0.5, 0.6) is 0 Å². The molecule has 1 aromatic rings. The second-order valence-electron chi connectivity index (χ2n) is 4.73. The summed E-state index contributed by atoms with van der Waals surface area (Å²) in [5.41, 5.74) is 1.06. The number of nitrogens with one attached hydrogen (secondary N) is 1. The Kier molecular flexibility index (Phi) is 4.95. The number of nitrogens with zero attached hydrogens (tertiary/aromatic N) is 1. The SMILES string of the molecule is OCC1CCCC1CNCc1ccc(Br)cn1. The lowest BCUT2D eigenvalue weighted by Gasteiger charge is -2.17. The molecule has 1 aliphatic rings. The van der Waals surface area contributed by atoms with Crippen LogP contribution >= 0.6 is 15.9 Å². The number of hydrogen-bond acceptors (Lipinski definition) is 3. The van der Waals surface area contributed by atoms with Gasteiger partial charge in [-0.05, 0) is 59.3 Å². The molecule has 0 aromatic carbocycles. The van der Waals surface area contributed by atoms with Crippen molar-refractivity contribution >= 4 is 15.9 Å². The van der Waals surface area contributed by atoms with Crippen molar-refractivity contribution in [3.63, 3.8) is 0 Å². The van der Waals surface area contributed by atoms with Crippen molar-refractivity contribution in [2.24, 2.45) is 11.8 Å². The number of aromatic nitrogens is 1. The van der Waals surface area contributed by atoms with Crippen molar-refractivity contribution in [1.82, 2.24) is 10.3 Å². The summed E-state index contributed by atoms with van der Waals surface area (Å²) in [6.07, 6.45) is 5.50. The minimum Gasteiger partial charge on any atom is -0.396 e. The van der Waals surface area contributed by atoms with Gasteiger partial charge < -0.3 is 10.4 Å². The van der Waals surface area contributed by atoms with E-state index >= 15 is 0 Å². The van der Waals surface area contributed by atoms with Gasteiger partial charge in [-0.3, -0.25) is 4.98 Å². The summed E-state index contributed by atoms with van der Waals surface area (Å²) in [4.78, 5) is 4.32. The number of aliphatic hydroxyl groups is 1. The van der Waals surface area contributed by atoms with Crippen molar-refractivity contribution < 1.29 is 5.11 Å². The summed E-state index contributed by atoms with van der Waals surface area (Å²) >= 11 is 3.37. The maximum absolute atomic E-state index is 9.24. The van der Waals surface area contributed by atoms with Crippen molar-refractivity contribution in [2.75, 3.05) is 13.2 Å². The first-order valence-corrected chi connectivity index (χ1v) is 7.01. The predicted molar refractivity (Wildman–Crippen MR) is 71.6 cm³/mol. The highest BCUT2D eigenvalue weighted by Gasteiger charge is 2.25. The van der Waals surface area contributed by atoms with Crippen LogP contribution in [0, 0.1) is 11.8 Å². The van der Waals surface area contributed by atoms with Crippen LogP contribution in [0.2, 0.25) is 0 Å². The van der Waals surface area contributed by atoms with Gasteiger partial charge in [-0.1, -0.05) is 6.42 Å². The quantitative estimate of drug-likeness (QED) is 0.877. The third kappa shape index (κ3) is 3.76. The van der Waals surface area contributed by atoms with E-state index < -0.39 is 0 Å². The van der Waals surface area contributed by atoms with Crippen molar-refractivity contribution in [1.29, 1.82) is 0 Å². The van der Waals surface area contributed by atoms with Crippen LogP contribution in [0.1, 0.15) is 25.0 Å². The summed E-state index contributed by atoms with van der Waals surface area (Å²) in [5.74, 6) is 1.14. The van der Waals surface area contributed by atoms with E-state index in [-0.39, 0.29) is 0 Å². The summed E-state index contributed by atoms with van der Waals surface area (Å²) in [7, 11) is 0. The molecule has 2 unspecified atom stereocenters. The third-order valence-corrected chi connectivity index (χ3v) is 4.02. The molecular formula is C13H19BrN2O. The number of pyridine rings is 1. The molecule has 0 amide bonds. The fraction of sp³-hybridized carbons (Fsp3) is 0.615. The number of rotatable bonds is 5. The molecule has 94 valence electrons. The maximum atomic E-state index is 9.24. The van der Waals surface area contributed by atoms with Crippen molar-refractivity contribution in [3.8, 4) is 0 Å². The molecule has 4 heteroatoms. The van der Waals surface area contributed by atoms with Gasteiger partial charge in [0, 0.05) is 23.8 Å². The van der Waals surface area contributed by atoms with Gasteiger partial charge in [0.25, 0.3) is 0 Å². The van der Waals surface area contributed by atoms with Crippen LogP contribution < -0.4 is 5.32 Å². The average molecular weight is 299 g/mol. The van der Waals surface area contributed by atoms with E-state index in [0.29, 0.717) is 18.4 Å². The van der Waals surface area contributed by atoms with Gasteiger partial charge in [-0.25, -0.2) is 0 Å². The second kappa shape index (κ2) is 6.47. The Labute approximate surface area is 111 Å². The Morgan fingerprint density at radius 1 is 1.35 bits per heavy atom. The van der Waals surface area contributed by atoms with Crippen LogP contribution in [0.4, 0.5) is 0 Å². The zero-order valence-electron chi connectivity index (χ0n) is 9.90. The van der Waals surface area contributed by atoms with E-state index in [2.05, 4.69) is 26.2 Å². The van der Waals surface area contributed by atoms with Crippen LogP contribution in [0.3, 0.4) is 0 Å². The Balaban J connectivity index is 1.74. The minimum absolute atomic E-state index is 0.336. The Bertz CT molecular complexity index is 342. The molecule has 0 aliphatic heterocycles. The van der Waals surface area contributed by atoms with Gasteiger partial charge in [-0.15, -0.1) is 0 Å². The summed E-state index contributed by atoms with van der Waals surface area (Å²) in [6, 6.07) is 4.03. The molecule has 0 bridgehead atoms. The van der Waals surface area contributed by atoms with Gasteiger partial charge in [-0.2, -0.15) is 0 Å². The molecule has 3 nitrogen and oxygen atoms in total. The fourth-order valence-electron chi connectivity index (χ4n) is 2.52. The van der Waals surface area contributed by atoms with Gasteiger partial charge in [0.1, 0.15) is 0 Å². The molecule has 0 spiro atoms. The first-order chi connectivity index (χ1) is 8.29. The average Bonchev–Trinajstić information content (AvgIpc) is 2.79. The predicted octanol–water partition coefficient (Wildman–Crippen LogP) is 2.34. The smallest absolute Gasteiger partial charge is 0.0542 e. The van der Waals surface area contributed by atoms with Gasteiger partial charge in [0.15, 0.2) is 0 Å². The van der Waals surface area contributed by atoms with E-state index in [0.717, 1.165) is 23.3 Å². The Hall–Kier alpha value is -0.450. The molecule has 0 saturated heterocycles. The van der Waals surface area contributed by atoms with E-state index in [4.69, 9.17) is 0 Å². The molecule has 2 N–H and O–H groups in total. The van der Waals surface area contributed by atoms with Crippen LogP contribution in [0.15, 0.2) is 22.8 Å². The lowest BCUT2D eigenvalue weighted by Crippen LogP contribution is -2.26. The van der Waals surface area contributed by atoms with Crippen molar-refractivity contribution in [3.05, 3.63) is 28.5 Å². The monoisotopic (exact) mass is 298 g/mol.